The number of carbonyl (C=O) groups excluding carboxylic acids is 1. The zero-order valence-corrected chi connectivity index (χ0v) is 11.2. The van der Waals surface area contributed by atoms with E-state index in [0.717, 1.165) is 0 Å². The van der Waals surface area contributed by atoms with Gasteiger partial charge in [-0.3, -0.25) is 9.59 Å². The first-order valence-electron chi connectivity index (χ1n) is 6.50. The van der Waals surface area contributed by atoms with Crippen LogP contribution in [0.5, 0.6) is 0 Å². The van der Waals surface area contributed by atoms with Gasteiger partial charge in [0.05, 0.1) is 0 Å². The van der Waals surface area contributed by atoms with E-state index in [4.69, 9.17) is 5.11 Å². The first kappa shape index (κ1) is 14.6. The molecule has 110 valence electrons. The molecule has 0 atom stereocenters. The molecule has 0 spiro atoms. The Bertz CT molecular complexity index is 612. The number of aliphatic carboxylic acids is 1. The van der Waals surface area contributed by atoms with Crippen LogP contribution in [0.3, 0.4) is 0 Å². The molecule has 2 aromatic rings. The van der Waals surface area contributed by atoms with Crippen LogP contribution in [0.4, 0.5) is 0 Å². The van der Waals surface area contributed by atoms with Crippen LogP contribution in [0.25, 0.3) is 11.4 Å². The molecule has 0 fully saturated rings. The van der Waals surface area contributed by atoms with Crippen molar-refractivity contribution in [3.8, 4) is 11.4 Å². The van der Waals surface area contributed by atoms with Gasteiger partial charge in [-0.1, -0.05) is 12.1 Å². The summed E-state index contributed by atoms with van der Waals surface area (Å²) in [4.78, 5) is 22.3. The number of amides is 1. The first-order valence-corrected chi connectivity index (χ1v) is 6.50. The second kappa shape index (κ2) is 7.13. The van der Waals surface area contributed by atoms with Crippen LogP contribution in [0.1, 0.15) is 29.6 Å². The largest absolute Gasteiger partial charge is 0.481 e. The van der Waals surface area contributed by atoms with Crippen LogP contribution < -0.4 is 5.32 Å². The van der Waals surface area contributed by atoms with Crippen molar-refractivity contribution in [1.82, 2.24) is 25.9 Å². The van der Waals surface area contributed by atoms with E-state index >= 15 is 0 Å². The molecule has 21 heavy (non-hydrogen) atoms. The number of benzene rings is 1. The predicted molar refractivity (Wildman–Crippen MR) is 73.4 cm³/mol. The van der Waals surface area contributed by atoms with Crippen molar-refractivity contribution in [2.45, 2.75) is 19.3 Å². The Hall–Kier alpha value is -2.77. The number of carbonyl (C=O) groups is 2. The molecule has 8 nitrogen and oxygen atoms in total. The average Bonchev–Trinajstić information content (AvgIpc) is 3.01. The molecule has 0 saturated heterocycles. The van der Waals surface area contributed by atoms with Crippen molar-refractivity contribution >= 4 is 11.9 Å². The summed E-state index contributed by atoms with van der Waals surface area (Å²) in [5.74, 6) is -0.615. The summed E-state index contributed by atoms with van der Waals surface area (Å²) in [5, 5.41) is 24.8. The number of hydrogen-bond acceptors (Lipinski definition) is 5. The quantitative estimate of drug-likeness (QED) is 0.650. The number of tetrazole rings is 1. The third kappa shape index (κ3) is 4.37. The van der Waals surface area contributed by atoms with E-state index in [1.165, 1.54) is 0 Å². The second-order valence-electron chi connectivity index (χ2n) is 4.42. The maximum atomic E-state index is 12.0. The number of carboxylic acids is 1. The van der Waals surface area contributed by atoms with Crippen LogP contribution in [-0.4, -0.2) is 44.2 Å². The minimum Gasteiger partial charge on any atom is -0.481 e. The molecule has 1 amide bonds. The second-order valence-corrected chi connectivity index (χ2v) is 4.42. The van der Waals surface area contributed by atoms with Gasteiger partial charge in [-0.2, -0.15) is 5.21 Å². The Morgan fingerprint density at radius 3 is 2.86 bits per heavy atom. The number of unbranched alkanes of at least 4 members (excludes halogenated alkanes) is 1. The Morgan fingerprint density at radius 1 is 1.29 bits per heavy atom. The highest BCUT2D eigenvalue weighted by Gasteiger charge is 2.08. The van der Waals surface area contributed by atoms with Gasteiger partial charge < -0.3 is 10.4 Å². The number of aromatic nitrogens is 4. The minimum absolute atomic E-state index is 0.114. The van der Waals surface area contributed by atoms with Gasteiger partial charge >= 0.3 is 5.97 Å². The van der Waals surface area contributed by atoms with Gasteiger partial charge in [0.1, 0.15) is 0 Å². The van der Waals surface area contributed by atoms with Crippen LogP contribution >= 0.6 is 0 Å². The molecule has 1 aromatic heterocycles. The maximum absolute atomic E-state index is 12.0. The molecule has 0 saturated carbocycles. The fourth-order valence-electron chi connectivity index (χ4n) is 1.79. The highest BCUT2D eigenvalue weighted by Crippen LogP contribution is 2.14. The number of aromatic amines is 1. The molecule has 8 heteroatoms. The van der Waals surface area contributed by atoms with Crippen molar-refractivity contribution in [2.75, 3.05) is 6.54 Å². The zero-order valence-electron chi connectivity index (χ0n) is 11.2. The third-order valence-corrected chi connectivity index (χ3v) is 2.83. The molecule has 0 aliphatic carbocycles. The van der Waals surface area contributed by atoms with Crippen molar-refractivity contribution < 1.29 is 14.7 Å². The topological polar surface area (TPSA) is 121 Å². The molecule has 1 aromatic carbocycles. The highest BCUT2D eigenvalue weighted by molar-refractivity contribution is 5.95. The lowest BCUT2D eigenvalue weighted by Gasteiger charge is -2.05. The monoisotopic (exact) mass is 289 g/mol. The van der Waals surface area contributed by atoms with E-state index in [1.807, 2.05) is 0 Å². The summed E-state index contributed by atoms with van der Waals surface area (Å²) in [6.45, 7) is 0.443. The molecule has 3 N–H and O–H groups in total. The lowest BCUT2D eigenvalue weighted by atomic mass is 10.1. The number of rotatable bonds is 7. The fraction of sp³-hybridized carbons (Fsp3) is 0.308. The smallest absolute Gasteiger partial charge is 0.303 e. The van der Waals surface area contributed by atoms with Crippen molar-refractivity contribution in [3.05, 3.63) is 29.8 Å². The van der Waals surface area contributed by atoms with Crippen molar-refractivity contribution in [2.24, 2.45) is 0 Å². The Labute approximate surface area is 120 Å². The number of nitrogens with one attached hydrogen (secondary N) is 2. The van der Waals surface area contributed by atoms with Crippen molar-refractivity contribution in [3.63, 3.8) is 0 Å². The van der Waals surface area contributed by atoms with Gasteiger partial charge in [-0.05, 0) is 30.2 Å². The van der Waals surface area contributed by atoms with E-state index < -0.39 is 5.97 Å². The molecule has 0 aliphatic heterocycles. The van der Waals surface area contributed by atoms with E-state index in [9.17, 15) is 9.59 Å². The van der Waals surface area contributed by atoms with Crippen LogP contribution in [-0.2, 0) is 4.79 Å². The summed E-state index contributed by atoms with van der Waals surface area (Å²) in [6, 6.07) is 6.90. The number of nitrogens with zero attached hydrogens (tertiary/aromatic N) is 3. The number of carboxylic acid groups (broad SMARTS) is 1. The Kier molecular flexibility index (Phi) is 4.97. The van der Waals surface area contributed by atoms with E-state index in [0.29, 0.717) is 36.3 Å². The summed E-state index contributed by atoms with van der Waals surface area (Å²) >= 11 is 0. The summed E-state index contributed by atoms with van der Waals surface area (Å²) < 4.78 is 0. The van der Waals surface area contributed by atoms with Gasteiger partial charge in [-0.25, -0.2) is 0 Å². The Morgan fingerprint density at radius 2 is 2.14 bits per heavy atom. The average molecular weight is 289 g/mol. The molecular weight excluding hydrogens is 274 g/mol. The van der Waals surface area contributed by atoms with E-state index in [1.54, 1.807) is 24.3 Å². The zero-order chi connectivity index (χ0) is 15.1. The SMILES string of the molecule is O=C(O)CCCCNC(=O)c1cccc(-c2nn[nH]n2)c1. The maximum Gasteiger partial charge on any atom is 0.303 e. The molecule has 0 aliphatic rings. The van der Waals surface area contributed by atoms with Gasteiger partial charge in [-0.15, -0.1) is 10.2 Å². The molecule has 1 heterocycles. The summed E-state index contributed by atoms with van der Waals surface area (Å²) in [7, 11) is 0. The lowest BCUT2D eigenvalue weighted by Crippen LogP contribution is -2.24. The summed E-state index contributed by atoms with van der Waals surface area (Å²) in [5.41, 5.74) is 1.19. The minimum atomic E-state index is -0.825. The lowest BCUT2D eigenvalue weighted by molar-refractivity contribution is -0.137. The molecule has 0 unspecified atom stereocenters. The van der Waals surface area contributed by atoms with Gasteiger partial charge in [0, 0.05) is 24.1 Å². The standard InChI is InChI=1S/C13H15N5O3/c19-11(20)6-1-2-7-14-13(21)10-5-3-4-9(8-10)12-15-17-18-16-12/h3-5,8H,1-2,6-7H2,(H,14,21)(H,19,20)(H,15,16,17,18). The fourth-order valence-corrected chi connectivity index (χ4v) is 1.79. The van der Waals surface area contributed by atoms with Crippen LogP contribution in [0, 0.1) is 0 Å². The molecule has 2 rings (SSSR count). The number of H-pyrrole nitrogens is 1. The van der Waals surface area contributed by atoms with Gasteiger partial charge in [0.15, 0.2) is 0 Å². The molecule has 0 bridgehead atoms. The first-order chi connectivity index (χ1) is 10.2. The van der Waals surface area contributed by atoms with Gasteiger partial charge in [0.2, 0.25) is 5.82 Å². The van der Waals surface area contributed by atoms with Crippen LogP contribution in [0.15, 0.2) is 24.3 Å². The van der Waals surface area contributed by atoms with Gasteiger partial charge in [0.25, 0.3) is 5.91 Å². The number of hydrogen-bond donors (Lipinski definition) is 3. The van der Waals surface area contributed by atoms with E-state index in [2.05, 4.69) is 25.9 Å². The molecular formula is C13H15N5O3. The molecule has 0 radical (unpaired) electrons. The normalized spacial score (nSPS) is 10.3. The van der Waals surface area contributed by atoms with Crippen molar-refractivity contribution in [1.29, 1.82) is 0 Å². The predicted octanol–water partition coefficient (Wildman–Crippen LogP) is 0.851. The third-order valence-electron chi connectivity index (χ3n) is 2.83. The highest BCUT2D eigenvalue weighted by atomic mass is 16.4. The van der Waals surface area contributed by atoms with E-state index in [-0.39, 0.29) is 12.3 Å². The Balaban J connectivity index is 1.88. The summed E-state index contributed by atoms with van der Waals surface area (Å²) in [6.07, 6.45) is 1.28. The van der Waals surface area contributed by atoms with Crippen LogP contribution in [0.2, 0.25) is 0 Å².